The van der Waals surface area contributed by atoms with E-state index < -0.39 is 102 Å². The first kappa shape index (κ1) is 58.0. The van der Waals surface area contributed by atoms with E-state index in [-0.39, 0.29) is 70.4 Å². The zero-order valence-electron chi connectivity index (χ0n) is 42.0. The highest BCUT2D eigenvalue weighted by Gasteiger charge is 2.35. The molecule has 0 bridgehead atoms. The quantitative estimate of drug-likeness (QED) is 0.0358. The van der Waals surface area contributed by atoms with E-state index in [2.05, 4.69) is 57.7 Å². The zero-order chi connectivity index (χ0) is 54.3. The van der Waals surface area contributed by atoms with Crippen LogP contribution in [0.1, 0.15) is 88.5 Å². The maximum absolute atomic E-state index is 14.7. The van der Waals surface area contributed by atoms with Gasteiger partial charge in [-0.2, -0.15) is 5.48 Å². The lowest BCUT2D eigenvalue weighted by Gasteiger charge is -2.28. The fourth-order valence-electron chi connectivity index (χ4n) is 8.25. The predicted octanol–water partition coefficient (Wildman–Crippen LogP) is -0.583. The molecule has 0 radical (unpaired) electrons. The number of thiazole rings is 1. The number of rotatable bonds is 17. The molecule has 1 fully saturated rings. The molecule has 0 spiro atoms. The zero-order valence-corrected chi connectivity index (χ0v) is 42.8. The van der Waals surface area contributed by atoms with Crippen molar-refractivity contribution < 1.29 is 48.0 Å². The summed E-state index contributed by atoms with van der Waals surface area (Å²) < 4.78 is 0. The van der Waals surface area contributed by atoms with Crippen molar-refractivity contribution in [3.63, 3.8) is 0 Å². The minimum Gasteiger partial charge on any atom is -0.371 e. The summed E-state index contributed by atoms with van der Waals surface area (Å²) in [6, 6.07) is 6.52. The van der Waals surface area contributed by atoms with E-state index in [4.69, 9.17) is 22.0 Å². The number of carbonyl (C=O) groups is 9. The van der Waals surface area contributed by atoms with Gasteiger partial charge < -0.3 is 64.2 Å². The van der Waals surface area contributed by atoms with Gasteiger partial charge in [0.05, 0.1) is 17.6 Å². The molecule has 1 aliphatic rings. The average molecular weight is 1060 g/mol. The van der Waals surface area contributed by atoms with E-state index in [1.807, 2.05) is 31.2 Å². The average Bonchev–Trinajstić information content (AvgIpc) is 4.05. The number of para-hydroxylation sites is 1. The number of nitrogens with zero attached hydrogens (tertiary/aromatic N) is 2. The standard InChI is InChI=1S/C50H68N14O10S/c1-3-4-16-36(58-29(2)65)44(68)64-41-25-42(66)74-57-21-11-10-18-35(43(51)67)59-47(71)39(23-31-26-55-34-17-9-8-15-33(31)34)62-45(69)37(19-12-20-54-50(52)53)60-46(70)38(22-30-13-6-5-7-14-30)61-48(72)40(63-49(41)73)24-32-27-75-28-56-32/h5-9,13-15,17,26-28,35-41,55,57H,3-4,10-12,16,18-25H2,1-2H3,(H2,51,67)(H,58,65)(H,59,71)(H,60,70)(H,61,72)(H,62,69)(H,63,73)(H,64,68)(H4,52,53,54)/t35-,36-,37-,38+,39-,40-,41-/m0/s1. The van der Waals surface area contributed by atoms with Crippen molar-refractivity contribution in [2.45, 2.75) is 133 Å². The topological polar surface area (TPSA) is 378 Å². The Morgan fingerprint density at radius 3 is 2.13 bits per heavy atom. The lowest BCUT2D eigenvalue weighted by atomic mass is 10.0. The molecule has 25 heteroatoms. The van der Waals surface area contributed by atoms with E-state index in [9.17, 15) is 43.2 Å². The highest BCUT2D eigenvalue weighted by Crippen LogP contribution is 2.20. The number of nitrogens with two attached hydrogens (primary N) is 3. The fraction of sp³-hybridized carbons (Fsp3) is 0.460. The second-order valence-electron chi connectivity index (χ2n) is 18.1. The highest BCUT2D eigenvalue weighted by molar-refractivity contribution is 7.07. The number of nitrogens with one attached hydrogen (secondary N) is 9. The normalized spacial score (nSPS) is 21.4. The Balaban J connectivity index is 1.54. The number of aromatic amines is 1. The van der Waals surface area contributed by atoms with Gasteiger partial charge in [0.1, 0.15) is 42.3 Å². The van der Waals surface area contributed by atoms with Crippen LogP contribution in [0.15, 0.2) is 76.7 Å². The monoisotopic (exact) mass is 1060 g/mol. The second kappa shape index (κ2) is 29.7. The van der Waals surface area contributed by atoms with Crippen LogP contribution < -0.4 is 59.9 Å². The van der Waals surface area contributed by atoms with E-state index in [1.165, 1.54) is 23.8 Å². The lowest BCUT2D eigenvalue weighted by Crippen LogP contribution is -2.61. The van der Waals surface area contributed by atoms with Gasteiger partial charge in [0.2, 0.25) is 47.3 Å². The molecule has 0 unspecified atom stereocenters. The van der Waals surface area contributed by atoms with Gasteiger partial charge in [-0.05, 0) is 55.7 Å². The van der Waals surface area contributed by atoms with Gasteiger partial charge >= 0.3 is 5.97 Å². The molecule has 8 amide bonds. The molecule has 75 heavy (non-hydrogen) atoms. The molecule has 15 N–H and O–H groups in total. The third-order valence-electron chi connectivity index (χ3n) is 12.2. The van der Waals surface area contributed by atoms with Gasteiger partial charge in [0.15, 0.2) is 5.96 Å². The number of benzene rings is 2. The summed E-state index contributed by atoms with van der Waals surface area (Å²) in [6.07, 6.45) is 2.74. The summed E-state index contributed by atoms with van der Waals surface area (Å²) in [7, 11) is 0. The van der Waals surface area contributed by atoms with Crippen LogP contribution in [0.25, 0.3) is 10.9 Å². The van der Waals surface area contributed by atoms with Crippen molar-refractivity contribution in [1.29, 1.82) is 0 Å². The molecule has 7 atom stereocenters. The highest BCUT2D eigenvalue weighted by atomic mass is 32.1. The van der Waals surface area contributed by atoms with Crippen LogP contribution in [-0.4, -0.2) is 125 Å². The summed E-state index contributed by atoms with van der Waals surface area (Å²) >= 11 is 1.23. The molecule has 0 saturated carbocycles. The molecule has 404 valence electrons. The van der Waals surface area contributed by atoms with Crippen molar-refractivity contribution in [2.75, 3.05) is 13.1 Å². The molecule has 1 saturated heterocycles. The molecular formula is C50H68N14O10S. The third kappa shape index (κ3) is 19.1. The summed E-state index contributed by atoms with van der Waals surface area (Å²) in [6.45, 7) is 3.24. The van der Waals surface area contributed by atoms with E-state index in [0.717, 1.165) is 10.9 Å². The largest absolute Gasteiger partial charge is 0.371 e. The van der Waals surface area contributed by atoms with Crippen LogP contribution in [0, 0.1) is 0 Å². The van der Waals surface area contributed by atoms with Gasteiger partial charge in [-0.15, -0.1) is 11.3 Å². The Hall–Kier alpha value is -7.93. The van der Waals surface area contributed by atoms with Crippen molar-refractivity contribution in [1.82, 2.24) is 52.7 Å². The molecule has 0 aliphatic carbocycles. The van der Waals surface area contributed by atoms with Gasteiger partial charge in [-0.1, -0.05) is 68.3 Å². The number of aliphatic imine (C=N–C) groups is 1. The van der Waals surface area contributed by atoms with E-state index in [0.29, 0.717) is 36.1 Å². The number of H-pyrrole nitrogens is 1. The Labute approximate surface area is 437 Å². The maximum Gasteiger partial charge on any atom is 0.327 e. The molecule has 1 aliphatic heterocycles. The first-order valence-corrected chi connectivity index (χ1v) is 25.8. The number of aromatic nitrogens is 2. The van der Waals surface area contributed by atoms with E-state index in [1.54, 1.807) is 41.9 Å². The number of fused-ring (bicyclic) bond motifs is 1. The van der Waals surface area contributed by atoms with Gasteiger partial charge in [-0.25, -0.2) is 4.98 Å². The van der Waals surface area contributed by atoms with Crippen molar-refractivity contribution in [2.24, 2.45) is 22.2 Å². The molecule has 3 heterocycles. The van der Waals surface area contributed by atoms with Crippen LogP contribution >= 0.6 is 11.3 Å². The number of hydrogen-bond donors (Lipinski definition) is 12. The summed E-state index contributed by atoms with van der Waals surface area (Å²) in [5, 5.41) is 21.2. The molecular weight excluding hydrogens is 989 g/mol. The molecule has 2 aromatic carbocycles. The van der Waals surface area contributed by atoms with Crippen LogP contribution in [0.2, 0.25) is 0 Å². The number of guanidine groups is 1. The second-order valence-corrected chi connectivity index (χ2v) is 18.8. The van der Waals surface area contributed by atoms with Gasteiger partial charge in [0.25, 0.3) is 0 Å². The molecule has 4 aromatic rings. The predicted molar refractivity (Wildman–Crippen MR) is 278 cm³/mol. The van der Waals surface area contributed by atoms with Crippen LogP contribution in [0.4, 0.5) is 0 Å². The Morgan fingerprint density at radius 1 is 0.800 bits per heavy atom. The van der Waals surface area contributed by atoms with Crippen LogP contribution in [-0.2, 0) is 67.3 Å². The molecule has 5 rings (SSSR count). The molecule has 2 aromatic heterocycles. The minimum absolute atomic E-state index is 0.0472. The number of unbranched alkanes of at least 4 members (excludes halogenated alkanes) is 1. The Kier molecular flexibility index (Phi) is 22.9. The number of amides is 8. The lowest BCUT2D eigenvalue weighted by molar-refractivity contribution is -0.153. The number of carbonyl (C=O) groups excluding carboxylic acids is 9. The van der Waals surface area contributed by atoms with Gasteiger partial charge in [-0.3, -0.25) is 48.1 Å². The number of hydrogen-bond acceptors (Lipinski definition) is 14. The fourth-order valence-corrected chi connectivity index (χ4v) is 8.83. The van der Waals surface area contributed by atoms with E-state index >= 15 is 0 Å². The van der Waals surface area contributed by atoms with Crippen LogP contribution in [0.3, 0.4) is 0 Å². The number of primary amides is 1. The smallest absolute Gasteiger partial charge is 0.327 e. The summed E-state index contributed by atoms with van der Waals surface area (Å²) in [5.74, 6) is -7.53. The van der Waals surface area contributed by atoms with Crippen molar-refractivity contribution >= 4 is 81.4 Å². The maximum atomic E-state index is 14.7. The first-order valence-electron chi connectivity index (χ1n) is 24.8. The Morgan fingerprint density at radius 2 is 1.45 bits per heavy atom. The van der Waals surface area contributed by atoms with Crippen LogP contribution in [0.5, 0.6) is 0 Å². The van der Waals surface area contributed by atoms with Crippen molar-refractivity contribution in [3.05, 3.63) is 88.5 Å². The summed E-state index contributed by atoms with van der Waals surface area (Å²) in [4.78, 5) is 141. The van der Waals surface area contributed by atoms with Gasteiger partial charge in [0, 0.05) is 61.8 Å². The van der Waals surface area contributed by atoms with Crippen molar-refractivity contribution in [3.8, 4) is 0 Å². The minimum atomic E-state index is -1.65. The number of hydroxylamine groups is 1. The Bertz CT molecular complexity index is 2610. The summed E-state index contributed by atoms with van der Waals surface area (Å²) in [5.41, 5.74) is 23.4. The third-order valence-corrected chi connectivity index (χ3v) is 12.8. The SMILES string of the molecule is CCCC[C@H](NC(C)=O)C(=O)N[C@H]1CC(=O)ONCCCC[C@@H](C(N)=O)NC(=O)[C@H](Cc2c[nH]c3ccccc23)NC(=O)[C@H](CCCN=C(N)N)NC(=O)[C@@H](Cc2ccccc2)NC(=O)[C@H](Cc2cscn2)NC1=O. The molecule has 24 nitrogen and oxygen atoms in total. The first-order chi connectivity index (χ1) is 36.0.